The van der Waals surface area contributed by atoms with Gasteiger partial charge in [0.25, 0.3) is 0 Å². The third-order valence-electron chi connectivity index (χ3n) is 3.90. The summed E-state index contributed by atoms with van der Waals surface area (Å²) in [6.45, 7) is 2.39. The van der Waals surface area contributed by atoms with Crippen molar-refractivity contribution in [1.29, 1.82) is 0 Å². The Labute approximate surface area is 132 Å². The van der Waals surface area contributed by atoms with E-state index in [2.05, 4.69) is 4.90 Å². The number of hydrogen-bond donors (Lipinski definition) is 1. The van der Waals surface area contributed by atoms with Crippen molar-refractivity contribution < 1.29 is 14.5 Å². The second-order valence-electron chi connectivity index (χ2n) is 5.53. The summed E-state index contributed by atoms with van der Waals surface area (Å²) in [6.07, 6.45) is 1.67. The second kappa shape index (κ2) is 6.12. The molecular formula is C17H17NO3S. The number of fused-ring (bicyclic) bond motifs is 1. The molecule has 114 valence electrons. The molecule has 0 spiro atoms. The van der Waals surface area contributed by atoms with Gasteiger partial charge in [-0.25, -0.2) is 4.79 Å². The standard InChI is InChI=1S/C17H17NO3S/c1-22(21)16-6-2-12(3-7-16)9-18-10-14-5-4-13(17(19)20)8-15(14)11-18/h2-8H,9-11H2,1H3,(H,19,20). The number of carbonyl (C=O) groups is 1. The molecule has 4 nitrogen and oxygen atoms in total. The monoisotopic (exact) mass is 315 g/mol. The number of hydrogen-bond acceptors (Lipinski definition) is 3. The minimum atomic E-state index is -0.950. The van der Waals surface area contributed by atoms with Crippen LogP contribution in [0, 0.1) is 0 Å². The molecular weight excluding hydrogens is 298 g/mol. The average molecular weight is 315 g/mol. The molecule has 0 aromatic heterocycles. The van der Waals surface area contributed by atoms with Gasteiger partial charge >= 0.3 is 5.97 Å². The number of carboxylic acid groups (broad SMARTS) is 1. The summed E-state index contributed by atoms with van der Waals surface area (Å²) in [5, 5.41) is 9.05. The lowest BCUT2D eigenvalue weighted by molar-refractivity contribution is 0.0696. The number of rotatable bonds is 4. The Balaban J connectivity index is 1.69. The Morgan fingerprint density at radius 2 is 1.86 bits per heavy atom. The van der Waals surface area contributed by atoms with Crippen LogP contribution >= 0.6 is 0 Å². The summed E-state index contributed by atoms with van der Waals surface area (Å²) in [4.78, 5) is 14.1. The molecule has 1 N–H and O–H groups in total. The third-order valence-corrected chi connectivity index (χ3v) is 4.84. The number of carboxylic acids is 1. The van der Waals surface area contributed by atoms with Gasteiger partial charge in [0.2, 0.25) is 0 Å². The molecule has 5 heteroatoms. The fraction of sp³-hybridized carbons (Fsp3) is 0.235. The fourth-order valence-corrected chi connectivity index (χ4v) is 3.27. The van der Waals surface area contributed by atoms with Crippen LogP contribution in [0.4, 0.5) is 0 Å². The minimum absolute atomic E-state index is 0.343. The summed E-state index contributed by atoms with van der Waals surface area (Å²) >= 11 is -0.950. The van der Waals surface area contributed by atoms with E-state index in [1.165, 1.54) is 11.1 Å². The van der Waals surface area contributed by atoms with Crippen LogP contribution in [-0.4, -0.2) is 26.8 Å². The number of benzene rings is 2. The van der Waals surface area contributed by atoms with E-state index in [0.717, 1.165) is 30.1 Å². The van der Waals surface area contributed by atoms with E-state index in [1.807, 2.05) is 30.3 Å². The smallest absolute Gasteiger partial charge is 0.335 e. The Morgan fingerprint density at radius 3 is 2.50 bits per heavy atom. The maximum absolute atomic E-state index is 11.4. The molecule has 2 aromatic rings. The molecule has 0 bridgehead atoms. The lowest BCUT2D eigenvalue weighted by Gasteiger charge is -2.15. The normalized spacial score (nSPS) is 15.5. The van der Waals surface area contributed by atoms with E-state index < -0.39 is 17.1 Å². The fourth-order valence-electron chi connectivity index (χ4n) is 2.75. The average Bonchev–Trinajstić information content (AvgIpc) is 2.88. The molecule has 0 fully saturated rings. The molecule has 0 aliphatic carbocycles. The second-order valence-corrected chi connectivity index (χ2v) is 6.91. The molecule has 22 heavy (non-hydrogen) atoms. The van der Waals surface area contributed by atoms with Gasteiger partial charge in [-0.1, -0.05) is 18.2 Å². The van der Waals surface area contributed by atoms with E-state index in [4.69, 9.17) is 5.11 Å². The Bertz CT molecular complexity index is 698. The Hall–Kier alpha value is -1.82. The summed E-state index contributed by atoms with van der Waals surface area (Å²) in [5.74, 6) is -0.885. The maximum Gasteiger partial charge on any atom is 0.335 e. The van der Waals surface area contributed by atoms with Crippen molar-refractivity contribution in [3.05, 3.63) is 64.7 Å². The molecule has 1 heterocycles. The third kappa shape index (κ3) is 3.16. The highest BCUT2D eigenvalue weighted by Gasteiger charge is 2.20. The Kier molecular flexibility index (Phi) is 4.20. The van der Waals surface area contributed by atoms with Gasteiger partial charge in [-0.3, -0.25) is 4.90 Å². The van der Waals surface area contributed by atoms with E-state index in [-0.39, 0.29) is 0 Å². The zero-order chi connectivity index (χ0) is 15.7. The highest BCUT2D eigenvalue weighted by atomic mass is 32.2. The number of aromatic carboxylic acids is 1. The lowest BCUT2D eigenvalue weighted by Crippen LogP contribution is -2.15. The Morgan fingerprint density at radius 1 is 1.18 bits per heavy atom. The first-order valence-electron chi connectivity index (χ1n) is 7.03. The van der Waals surface area contributed by atoms with Crippen LogP contribution in [0.25, 0.3) is 0 Å². The van der Waals surface area contributed by atoms with Crippen LogP contribution in [0.3, 0.4) is 0 Å². The van der Waals surface area contributed by atoms with Gasteiger partial charge in [-0.15, -0.1) is 0 Å². The zero-order valence-corrected chi connectivity index (χ0v) is 13.1. The molecule has 0 saturated heterocycles. The van der Waals surface area contributed by atoms with Gasteiger partial charge in [0.15, 0.2) is 4.90 Å². The van der Waals surface area contributed by atoms with Gasteiger partial charge in [0, 0.05) is 19.6 Å². The molecule has 0 amide bonds. The predicted octanol–water partition coefficient (Wildman–Crippen LogP) is 2.64. The first-order chi connectivity index (χ1) is 10.5. The van der Waals surface area contributed by atoms with Crippen LogP contribution in [-0.2, 0) is 30.8 Å². The zero-order valence-electron chi connectivity index (χ0n) is 12.3. The van der Waals surface area contributed by atoms with Crippen LogP contribution < -0.4 is 0 Å². The molecule has 2 aromatic carbocycles. The molecule has 3 rings (SSSR count). The molecule has 1 atom stereocenters. The molecule has 1 aliphatic heterocycles. The lowest BCUT2D eigenvalue weighted by atomic mass is 10.1. The summed E-state index contributed by atoms with van der Waals surface area (Å²) in [5.41, 5.74) is 3.79. The predicted molar refractivity (Wildman–Crippen MR) is 85.1 cm³/mol. The summed E-state index contributed by atoms with van der Waals surface area (Å²) in [7, 11) is 0. The quantitative estimate of drug-likeness (QED) is 0.881. The van der Waals surface area contributed by atoms with Crippen molar-refractivity contribution in [3.8, 4) is 0 Å². The summed E-state index contributed by atoms with van der Waals surface area (Å²) < 4.78 is 11.4. The van der Waals surface area contributed by atoms with Crippen molar-refractivity contribution in [1.82, 2.24) is 4.90 Å². The first-order valence-corrected chi connectivity index (χ1v) is 8.58. The van der Waals surface area contributed by atoms with Crippen LogP contribution in [0.2, 0.25) is 0 Å². The van der Waals surface area contributed by atoms with Crippen LogP contribution in [0.5, 0.6) is 0 Å². The van der Waals surface area contributed by atoms with Crippen LogP contribution in [0.1, 0.15) is 27.0 Å². The highest BCUT2D eigenvalue weighted by Crippen LogP contribution is 2.25. The van der Waals surface area contributed by atoms with Crippen molar-refractivity contribution in [2.24, 2.45) is 0 Å². The number of nitrogens with zero attached hydrogens (tertiary/aromatic N) is 1. The van der Waals surface area contributed by atoms with Crippen molar-refractivity contribution in [2.75, 3.05) is 6.26 Å². The van der Waals surface area contributed by atoms with E-state index in [1.54, 1.807) is 18.4 Å². The summed E-state index contributed by atoms with van der Waals surface area (Å²) in [6, 6.07) is 13.1. The SMILES string of the molecule is C[S+]([O-])c1ccc(CN2Cc3ccc(C(=O)O)cc3C2)cc1. The molecule has 0 radical (unpaired) electrons. The topological polar surface area (TPSA) is 63.6 Å². The van der Waals surface area contributed by atoms with Crippen molar-refractivity contribution in [2.45, 2.75) is 24.5 Å². The van der Waals surface area contributed by atoms with Gasteiger partial charge in [-0.2, -0.15) is 0 Å². The van der Waals surface area contributed by atoms with Crippen molar-refractivity contribution >= 4 is 17.1 Å². The minimum Gasteiger partial charge on any atom is -0.612 e. The van der Waals surface area contributed by atoms with Crippen molar-refractivity contribution in [3.63, 3.8) is 0 Å². The largest absolute Gasteiger partial charge is 0.612 e. The van der Waals surface area contributed by atoms with Gasteiger partial charge in [0.1, 0.15) is 6.26 Å². The molecule has 1 aliphatic rings. The van der Waals surface area contributed by atoms with E-state index in [0.29, 0.717) is 5.56 Å². The van der Waals surface area contributed by atoms with Gasteiger partial charge in [0.05, 0.1) is 5.56 Å². The first kappa shape index (κ1) is 15.1. The maximum atomic E-state index is 11.4. The van der Waals surface area contributed by atoms with Crippen LogP contribution in [0.15, 0.2) is 47.4 Å². The highest BCUT2D eigenvalue weighted by molar-refractivity contribution is 7.90. The molecule has 0 saturated carbocycles. The van der Waals surface area contributed by atoms with Gasteiger partial charge in [-0.05, 0) is 52.1 Å². The molecule has 1 unspecified atom stereocenters. The van der Waals surface area contributed by atoms with Gasteiger partial charge < -0.3 is 9.66 Å². The van der Waals surface area contributed by atoms with E-state index in [9.17, 15) is 9.35 Å². The van der Waals surface area contributed by atoms with E-state index >= 15 is 0 Å².